The molecule has 1 saturated heterocycles. The van der Waals surface area contributed by atoms with Gasteiger partial charge in [0.15, 0.2) is 0 Å². The highest BCUT2D eigenvalue weighted by Gasteiger charge is 2.32. The number of aliphatic hydroxyl groups excluding tert-OH is 1. The van der Waals surface area contributed by atoms with E-state index in [1.54, 1.807) is 18.1 Å². The van der Waals surface area contributed by atoms with Crippen LogP contribution >= 0.6 is 0 Å². The minimum absolute atomic E-state index is 0.153. The number of methoxy groups -OCH3 is 1. The second kappa shape index (κ2) is 8.12. The van der Waals surface area contributed by atoms with Crippen LogP contribution in [0.4, 0.5) is 0 Å². The third-order valence-electron chi connectivity index (χ3n) is 5.17. The number of likely N-dealkylation sites (tertiary alicyclic amines) is 1. The molecule has 2 atom stereocenters. The van der Waals surface area contributed by atoms with Gasteiger partial charge >= 0.3 is 0 Å². The van der Waals surface area contributed by atoms with Crippen molar-refractivity contribution in [1.29, 1.82) is 0 Å². The number of hydrogen-bond donors (Lipinski definition) is 1. The highest BCUT2D eigenvalue weighted by atomic mass is 16.5. The zero-order chi connectivity index (χ0) is 19.5. The van der Waals surface area contributed by atoms with Crippen molar-refractivity contribution >= 4 is 0 Å². The van der Waals surface area contributed by atoms with E-state index < -0.39 is 0 Å². The number of β-amino-alcohol motifs (C(OH)–C–C–N with tert-alkyl or cyclic N) is 1. The van der Waals surface area contributed by atoms with Crippen molar-refractivity contribution in [3.63, 3.8) is 0 Å². The lowest BCUT2D eigenvalue weighted by Gasteiger charge is -2.17. The van der Waals surface area contributed by atoms with Crippen LogP contribution in [0.3, 0.4) is 0 Å². The summed E-state index contributed by atoms with van der Waals surface area (Å²) >= 11 is 0. The van der Waals surface area contributed by atoms with Crippen LogP contribution in [0.15, 0.2) is 41.4 Å². The number of ether oxygens (including phenoxy) is 1. The molecule has 8 heteroatoms. The molecule has 0 aliphatic carbocycles. The molecular formula is C20H25N5O3. The maximum absolute atomic E-state index is 10.5. The first-order valence-electron chi connectivity index (χ1n) is 9.41. The van der Waals surface area contributed by atoms with Gasteiger partial charge in [-0.3, -0.25) is 4.90 Å². The first-order valence-corrected chi connectivity index (χ1v) is 9.41. The minimum atomic E-state index is -0.363. The van der Waals surface area contributed by atoms with Crippen molar-refractivity contribution < 1.29 is 14.4 Å². The number of aliphatic hydroxyl groups is 1. The molecule has 2 aromatic heterocycles. The quantitative estimate of drug-likeness (QED) is 0.664. The lowest BCUT2D eigenvalue weighted by atomic mass is 10.0. The van der Waals surface area contributed by atoms with Crippen LogP contribution in [0.25, 0.3) is 0 Å². The van der Waals surface area contributed by atoms with E-state index in [-0.39, 0.29) is 12.0 Å². The van der Waals surface area contributed by atoms with Crippen LogP contribution in [0.1, 0.15) is 22.6 Å². The standard InChI is InChI=1S/C20H25N5O3/c1-14-5-18(28-23-14)7-16-9-24(11-19(16)26)8-15-3-4-20(27-2)17(6-15)10-25-13-21-12-22-25/h3-6,12-13,16,19,26H,7-11H2,1-2H3/t16-,19+/m1/s1. The lowest BCUT2D eigenvalue weighted by Crippen LogP contribution is -2.21. The Morgan fingerprint density at radius 1 is 1.25 bits per heavy atom. The predicted molar refractivity (Wildman–Crippen MR) is 102 cm³/mol. The Hall–Kier alpha value is -2.71. The Morgan fingerprint density at radius 3 is 2.86 bits per heavy atom. The van der Waals surface area contributed by atoms with E-state index in [2.05, 4.69) is 32.3 Å². The monoisotopic (exact) mass is 383 g/mol. The van der Waals surface area contributed by atoms with E-state index >= 15 is 0 Å². The molecule has 1 aliphatic heterocycles. The maximum atomic E-state index is 10.5. The Kier molecular flexibility index (Phi) is 5.40. The van der Waals surface area contributed by atoms with Gasteiger partial charge in [-0.05, 0) is 24.6 Å². The van der Waals surface area contributed by atoms with E-state index in [1.165, 1.54) is 11.9 Å². The highest BCUT2D eigenvalue weighted by molar-refractivity contribution is 5.37. The summed E-state index contributed by atoms with van der Waals surface area (Å²) in [5.41, 5.74) is 3.11. The van der Waals surface area contributed by atoms with Crippen LogP contribution in [0.5, 0.6) is 5.75 Å². The molecule has 1 aliphatic rings. The molecule has 0 amide bonds. The zero-order valence-electron chi connectivity index (χ0n) is 16.2. The Bertz CT molecular complexity index is 908. The number of benzene rings is 1. The Labute approximate surface area is 163 Å². The molecule has 0 unspecified atom stereocenters. The molecule has 3 heterocycles. The van der Waals surface area contributed by atoms with Gasteiger partial charge < -0.3 is 14.4 Å². The maximum Gasteiger partial charge on any atom is 0.137 e. The molecule has 148 valence electrons. The fourth-order valence-electron chi connectivity index (χ4n) is 3.84. The van der Waals surface area contributed by atoms with Gasteiger partial charge in [-0.15, -0.1) is 0 Å². The summed E-state index contributed by atoms with van der Waals surface area (Å²) < 4.78 is 12.6. The SMILES string of the molecule is COc1ccc(CN2C[C@@H](Cc3cc(C)no3)[C@@H](O)C2)cc1Cn1cncn1. The minimum Gasteiger partial charge on any atom is -0.496 e. The van der Waals surface area contributed by atoms with Crippen LogP contribution in [0, 0.1) is 12.8 Å². The van der Waals surface area contributed by atoms with E-state index in [4.69, 9.17) is 9.26 Å². The van der Waals surface area contributed by atoms with Crippen molar-refractivity contribution in [2.75, 3.05) is 20.2 Å². The molecule has 8 nitrogen and oxygen atoms in total. The summed E-state index contributed by atoms with van der Waals surface area (Å²) in [6.45, 7) is 4.77. The summed E-state index contributed by atoms with van der Waals surface area (Å²) in [6.07, 6.45) is 3.56. The molecule has 0 spiro atoms. The number of aromatic nitrogens is 4. The molecule has 0 bridgehead atoms. The predicted octanol–water partition coefficient (Wildman–Crippen LogP) is 1.67. The summed E-state index contributed by atoms with van der Waals surface area (Å²) in [6, 6.07) is 8.14. The Balaban J connectivity index is 1.42. The van der Waals surface area contributed by atoms with E-state index in [1.807, 2.05) is 19.1 Å². The van der Waals surface area contributed by atoms with Gasteiger partial charge in [0, 0.05) is 43.6 Å². The molecule has 1 aromatic carbocycles. The molecular weight excluding hydrogens is 358 g/mol. The summed E-state index contributed by atoms with van der Waals surface area (Å²) in [4.78, 5) is 6.27. The van der Waals surface area contributed by atoms with Gasteiger partial charge in [0.1, 0.15) is 24.2 Å². The van der Waals surface area contributed by atoms with E-state index in [0.717, 1.165) is 35.9 Å². The number of aryl methyl sites for hydroxylation is 1. The molecule has 3 aromatic rings. The summed E-state index contributed by atoms with van der Waals surface area (Å²) in [5, 5.41) is 18.6. The normalized spacial score (nSPS) is 20.0. The van der Waals surface area contributed by atoms with Gasteiger partial charge in [0.2, 0.25) is 0 Å². The summed E-state index contributed by atoms with van der Waals surface area (Å²) in [5.74, 6) is 1.82. The smallest absolute Gasteiger partial charge is 0.137 e. The number of hydrogen-bond acceptors (Lipinski definition) is 7. The third kappa shape index (κ3) is 4.23. The fourth-order valence-corrected chi connectivity index (χ4v) is 3.84. The summed E-state index contributed by atoms with van der Waals surface area (Å²) in [7, 11) is 1.67. The average Bonchev–Trinajstić information content (AvgIpc) is 3.39. The van der Waals surface area contributed by atoms with E-state index in [0.29, 0.717) is 19.5 Å². The second-order valence-corrected chi connectivity index (χ2v) is 7.40. The van der Waals surface area contributed by atoms with Crippen molar-refractivity contribution in [3.05, 3.63) is 59.5 Å². The van der Waals surface area contributed by atoms with Crippen molar-refractivity contribution in [2.45, 2.75) is 32.5 Å². The average molecular weight is 383 g/mol. The molecule has 4 rings (SSSR count). The van der Waals surface area contributed by atoms with Crippen molar-refractivity contribution in [1.82, 2.24) is 24.8 Å². The lowest BCUT2D eigenvalue weighted by molar-refractivity contribution is 0.137. The first-order chi connectivity index (χ1) is 13.6. The largest absolute Gasteiger partial charge is 0.496 e. The van der Waals surface area contributed by atoms with E-state index in [9.17, 15) is 5.11 Å². The van der Waals surface area contributed by atoms with Gasteiger partial charge in [-0.25, -0.2) is 9.67 Å². The fraction of sp³-hybridized carbons (Fsp3) is 0.450. The van der Waals surface area contributed by atoms with Gasteiger partial charge in [0.05, 0.1) is 25.5 Å². The van der Waals surface area contributed by atoms with Crippen LogP contribution in [0.2, 0.25) is 0 Å². The van der Waals surface area contributed by atoms with Gasteiger partial charge in [-0.2, -0.15) is 5.10 Å². The van der Waals surface area contributed by atoms with Crippen LogP contribution in [-0.2, 0) is 19.5 Å². The van der Waals surface area contributed by atoms with Gasteiger partial charge in [-0.1, -0.05) is 11.2 Å². The molecule has 0 radical (unpaired) electrons. The second-order valence-electron chi connectivity index (χ2n) is 7.40. The topological polar surface area (TPSA) is 89.4 Å². The van der Waals surface area contributed by atoms with Crippen molar-refractivity contribution in [3.8, 4) is 5.75 Å². The number of rotatable bonds is 7. The zero-order valence-corrected chi connectivity index (χ0v) is 16.2. The van der Waals surface area contributed by atoms with Crippen molar-refractivity contribution in [2.24, 2.45) is 5.92 Å². The highest BCUT2D eigenvalue weighted by Crippen LogP contribution is 2.26. The van der Waals surface area contributed by atoms with Gasteiger partial charge in [0.25, 0.3) is 0 Å². The van der Waals surface area contributed by atoms with Crippen LogP contribution in [-0.4, -0.2) is 56.2 Å². The number of nitrogens with zero attached hydrogens (tertiary/aromatic N) is 5. The van der Waals surface area contributed by atoms with Crippen LogP contribution < -0.4 is 4.74 Å². The molecule has 1 N–H and O–H groups in total. The molecule has 0 saturated carbocycles. The molecule has 1 fully saturated rings. The Morgan fingerprint density at radius 2 is 2.14 bits per heavy atom. The first kappa shape index (κ1) is 18.6. The molecule has 28 heavy (non-hydrogen) atoms. The third-order valence-corrected chi connectivity index (χ3v) is 5.17.